The number of hydrogen-bond acceptors (Lipinski definition) is 5. The number of carbonyl (C=O) groups excluding carboxylic acids is 2. The van der Waals surface area contributed by atoms with Gasteiger partial charge in [0.25, 0.3) is 0 Å². The van der Waals surface area contributed by atoms with Crippen LogP contribution in [0, 0.1) is 11.8 Å². The Kier molecular flexibility index (Phi) is 8.27. The zero-order chi connectivity index (χ0) is 22.1. The predicted octanol–water partition coefficient (Wildman–Crippen LogP) is 4.88. The molecule has 7 heteroatoms. The van der Waals surface area contributed by atoms with Gasteiger partial charge in [0, 0.05) is 18.8 Å². The topological polar surface area (TPSA) is 80.8 Å². The molecule has 0 atom stereocenters. The maximum absolute atomic E-state index is 12.3. The zero-order valence-corrected chi connectivity index (χ0v) is 18.3. The van der Waals surface area contributed by atoms with Crippen molar-refractivity contribution < 1.29 is 19.1 Å². The summed E-state index contributed by atoms with van der Waals surface area (Å²) < 4.78 is 10.6. The van der Waals surface area contributed by atoms with Crippen LogP contribution in [-0.4, -0.2) is 41.8 Å². The molecule has 0 unspecified atom stereocenters. The first kappa shape index (κ1) is 22.6. The molecule has 1 aliphatic heterocycles. The van der Waals surface area contributed by atoms with E-state index in [2.05, 4.69) is 10.3 Å². The van der Waals surface area contributed by atoms with Crippen LogP contribution in [0.2, 0.25) is 0 Å². The minimum Gasteiger partial charge on any atom is -0.449 e. The van der Waals surface area contributed by atoms with Gasteiger partial charge in [0.1, 0.15) is 12.4 Å². The number of ether oxygens (including phenoxy) is 2. The van der Waals surface area contributed by atoms with E-state index in [0.29, 0.717) is 38.0 Å². The van der Waals surface area contributed by atoms with Gasteiger partial charge in [0.05, 0.1) is 6.61 Å². The number of benzene rings is 1. The third-order valence-corrected chi connectivity index (χ3v) is 5.16. The van der Waals surface area contributed by atoms with Crippen LogP contribution in [0.3, 0.4) is 0 Å². The van der Waals surface area contributed by atoms with E-state index < -0.39 is 6.09 Å². The van der Waals surface area contributed by atoms with Crippen LogP contribution in [0.1, 0.15) is 37.9 Å². The van der Waals surface area contributed by atoms with Crippen LogP contribution < -0.4 is 5.32 Å². The smallest absolute Gasteiger partial charge is 0.412 e. The number of amides is 2. The fourth-order valence-corrected chi connectivity index (χ4v) is 3.47. The summed E-state index contributed by atoms with van der Waals surface area (Å²) in [5.41, 5.74) is 1.91. The number of nitrogens with one attached hydrogen (secondary N) is 1. The third kappa shape index (κ3) is 7.59. The first-order valence-corrected chi connectivity index (χ1v) is 10.8. The summed E-state index contributed by atoms with van der Waals surface area (Å²) in [6, 6.07) is 15.3. The zero-order valence-electron chi connectivity index (χ0n) is 18.3. The molecule has 2 heterocycles. The van der Waals surface area contributed by atoms with Crippen molar-refractivity contribution in [1.29, 1.82) is 0 Å². The molecule has 0 bridgehead atoms. The van der Waals surface area contributed by atoms with Crippen molar-refractivity contribution >= 4 is 18.0 Å². The molecule has 0 saturated carbocycles. The van der Waals surface area contributed by atoms with Crippen molar-refractivity contribution in [1.82, 2.24) is 9.88 Å². The molecule has 3 rings (SSSR count). The molecular formula is C24H31N3O4. The average molecular weight is 426 g/mol. The second kappa shape index (κ2) is 11.3. The van der Waals surface area contributed by atoms with Gasteiger partial charge in [-0.15, -0.1) is 0 Å². The fourth-order valence-electron chi connectivity index (χ4n) is 3.47. The second-order valence-corrected chi connectivity index (χ2v) is 8.31. The van der Waals surface area contributed by atoms with Crippen molar-refractivity contribution in [3.63, 3.8) is 0 Å². The van der Waals surface area contributed by atoms with Crippen LogP contribution in [0.5, 0.6) is 0 Å². The number of hydrogen-bond donors (Lipinski definition) is 1. The summed E-state index contributed by atoms with van der Waals surface area (Å²) in [6.45, 7) is 6.00. The number of anilines is 1. The van der Waals surface area contributed by atoms with Gasteiger partial charge in [-0.3, -0.25) is 5.32 Å². The monoisotopic (exact) mass is 425 g/mol. The largest absolute Gasteiger partial charge is 0.449 e. The van der Waals surface area contributed by atoms with E-state index in [1.165, 1.54) is 0 Å². The Hall–Kier alpha value is -3.09. The number of likely N-dealkylation sites (tertiary alicyclic amines) is 1. The lowest BCUT2D eigenvalue weighted by atomic mass is 9.92. The van der Waals surface area contributed by atoms with Crippen molar-refractivity contribution in [3.8, 4) is 0 Å². The quantitative estimate of drug-likeness (QED) is 0.684. The number of aromatic nitrogens is 1. The normalized spacial score (nSPS) is 14.4. The summed E-state index contributed by atoms with van der Waals surface area (Å²) in [4.78, 5) is 30.5. The average Bonchev–Trinajstić information content (AvgIpc) is 2.77. The van der Waals surface area contributed by atoms with Gasteiger partial charge >= 0.3 is 12.2 Å². The van der Waals surface area contributed by atoms with E-state index in [9.17, 15) is 9.59 Å². The Morgan fingerprint density at radius 2 is 1.81 bits per heavy atom. The van der Waals surface area contributed by atoms with E-state index in [4.69, 9.17) is 9.47 Å². The SMILES string of the molecule is CC(C)COC(=O)Nc1cccc(CC2CCN(C(=O)OCc3ccccc3)CC2)n1. The van der Waals surface area contributed by atoms with Gasteiger partial charge in [0.2, 0.25) is 0 Å². The molecule has 2 aromatic rings. The molecule has 0 radical (unpaired) electrons. The molecule has 0 aliphatic carbocycles. The van der Waals surface area contributed by atoms with Crippen LogP contribution in [0.25, 0.3) is 0 Å². The van der Waals surface area contributed by atoms with Gasteiger partial charge in [-0.25, -0.2) is 14.6 Å². The van der Waals surface area contributed by atoms with Gasteiger partial charge in [-0.05, 0) is 48.8 Å². The number of carbonyl (C=O) groups is 2. The van der Waals surface area contributed by atoms with Crippen LogP contribution in [0.15, 0.2) is 48.5 Å². The van der Waals surface area contributed by atoms with Crippen molar-refractivity contribution in [2.75, 3.05) is 25.0 Å². The first-order chi connectivity index (χ1) is 15.0. The molecule has 1 fully saturated rings. The molecule has 1 aromatic carbocycles. The highest BCUT2D eigenvalue weighted by atomic mass is 16.6. The van der Waals surface area contributed by atoms with Gasteiger partial charge < -0.3 is 14.4 Å². The Labute approximate surface area is 183 Å². The molecule has 1 saturated heterocycles. The van der Waals surface area contributed by atoms with E-state index in [1.54, 1.807) is 11.0 Å². The minimum atomic E-state index is -0.485. The Morgan fingerprint density at radius 3 is 2.52 bits per heavy atom. The van der Waals surface area contributed by atoms with Crippen LogP contribution >= 0.6 is 0 Å². The minimum absolute atomic E-state index is 0.258. The van der Waals surface area contributed by atoms with Crippen molar-refractivity contribution in [2.45, 2.75) is 39.7 Å². The standard InChI is InChI=1S/C24H31N3O4/c1-18(2)16-30-23(28)26-22-10-6-9-21(25-22)15-19-11-13-27(14-12-19)24(29)31-17-20-7-4-3-5-8-20/h3-10,18-19H,11-17H2,1-2H3,(H,25,26,28). The Bertz CT molecular complexity index is 849. The maximum Gasteiger partial charge on any atom is 0.412 e. The second-order valence-electron chi connectivity index (χ2n) is 8.31. The summed E-state index contributed by atoms with van der Waals surface area (Å²) in [5, 5.41) is 2.68. The third-order valence-electron chi connectivity index (χ3n) is 5.16. The predicted molar refractivity (Wildman–Crippen MR) is 119 cm³/mol. The highest BCUT2D eigenvalue weighted by Gasteiger charge is 2.24. The molecular weight excluding hydrogens is 394 g/mol. The summed E-state index contributed by atoms with van der Waals surface area (Å²) >= 11 is 0. The first-order valence-electron chi connectivity index (χ1n) is 10.8. The molecule has 2 amide bonds. The lowest BCUT2D eigenvalue weighted by Gasteiger charge is -2.31. The fraction of sp³-hybridized carbons (Fsp3) is 0.458. The van der Waals surface area contributed by atoms with Gasteiger partial charge in [-0.1, -0.05) is 50.2 Å². The molecule has 1 aromatic heterocycles. The highest BCUT2D eigenvalue weighted by Crippen LogP contribution is 2.22. The molecule has 1 N–H and O–H groups in total. The molecule has 0 spiro atoms. The van der Waals surface area contributed by atoms with Crippen LogP contribution in [-0.2, 0) is 22.5 Å². The van der Waals surface area contributed by atoms with Gasteiger partial charge in [0.15, 0.2) is 0 Å². The molecule has 166 valence electrons. The molecule has 31 heavy (non-hydrogen) atoms. The van der Waals surface area contributed by atoms with Gasteiger partial charge in [-0.2, -0.15) is 0 Å². The van der Waals surface area contributed by atoms with E-state index in [-0.39, 0.29) is 12.0 Å². The molecule has 7 nitrogen and oxygen atoms in total. The number of piperidine rings is 1. The van der Waals surface area contributed by atoms with Crippen molar-refractivity contribution in [3.05, 3.63) is 59.8 Å². The highest BCUT2D eigenvalue weighted by molar-refractivity contribution is 5.83. The Balaban J connectivity index is 1.42. The molecule has 1 aliphatic rings. The van der Waals surface area contributed by atoms with E-state index >= 15 is 0 Å². The summed E-state index contributed by atoms with van der Waals surface area (Å²) in [6.07, 6.45) is 1.86. The Morgan fingerprint density at radius 1 is 1.06 bits per heavy atom. The summed E-state index contributed by atoms with van der Waals surface area (Å²) in [5.74, 6) is 1.22. The van der Waals surface area contributed by atoms with Crippen molar-refractivity contribution in [2.24, 2.45) is 11.8 Å². The van der Waals surface area contributed by atoms with Crippen LogP contribution in [0.4, 0.5) is 15.4 Å². The maximum atomic E-state index is 12.3. The lowest BCUT2D eigenvalue weighted by Crippen LogP contribution is -2.39. The summed E-state index contributed by atoms with van der Waals surface area (Å²) in [7, 11) is 0. The van der Waals surface area contributed by atoms with E-state index in [1.807, 2.05) is 56.3 Å². The number of nitrogens with zero attached hydrogens (tertiary/aromatic N) is 2. The van der Waals surface area contributed by atoms with E-state index in [0.717, 1.165) is 30.5 Å². The number of pyridine rings is 1. The lowest BCUT2D eigenvalue weighted by molar-refractivity contribution is 0.0822. The number of rotatable bonds is 7.